The van der Waals surface area contributed by atoms with E-state index >= 15 is 0 Å². The molecule has 0 bridgehead atoms. The summed E-state index contributed by atoms with van der Waals surface area (Å²) in [6.07, 6.45) is 5.27. The second-order valence-corrected chi connectivity index (χ2v) is 4.46. The highest BCUT2D eigenvalue weighted by Crippen LogP contribution is 2.18. The van der Waals surface area contributed by atoms with Gasteiger partial charge in [-0.1, -0.05) is 0 Å². The maximum Gasteiger partial charge on any atom is 0.246 e. The standard InChI is InChI=1S/C11H14N4O2/c16-11-6-17-10-5-15(4-9(10)14-11)3-8-1-12-7-13-2-8/h1-2,7,9-10H,3-6H2,(H,14,16)/t9-,10-/m0/s1. The molecule has 2 aliphatic rings. The second kappa shape index (κ2) is 4.38. The van der Waals surface area contributed by atoms with Crippen LogP contribution >= 0.6 is 0 Å². The minimum atomic E-state index is -0.0175. The molecule has 6 nitrogen and oxygen atoms in total. The Morgan fingerprint density at radius 2 is 2.24 bits per heavy atom. The molecule has 3 heterocycles. The third-order valence-corrected chi connectivity index (χ3v) is 3.14. The lowest BCUT2D eigenvalue weighted by Crippen LogP contribution is -2.50. The van der Waals surface area contributed by atoms with Crippen LogP contribution in [0.25, 0.3) is 0 Å². The minimum absolute atomic E-state index is 0.0175. The highest BCUT2D eigenvalue weighted by Gasteiger charge is 2.37. The molecule has 0 aliphatic carbocycles. The summed E-state index contributed by atoms with van der Waals surface area (Å²) in [5.74, 6) is -0.0175. The third-order valence-electron chi connectivity index (χ3n) is 3.14. The summed E-state index contributed by atoms with van der Waals surface area (Å²) in [7, 11) is 0. The maximum absolute atomic E-state index is 11.2. The number of hydrogen-bond acceptors (Lipinski definition) is 5. The number of fused-ring (bicyclic) bond motifs is 1. The fourth-order valence-electron chi connectivity index (χ4n) is 2.39. The molecule has 0 spiro atoms. The van der Waals surface area contributed by atoms with Gasteiger partial charge in [0.05, 0.1) is 12.1 Å². The molecule has 2 saturated heterocycles. The summed E-state index contributed by atoms with van der Waals surface area (Å²) in [6.45, 7) is 2.65. The topological polar surface area (TPSA) is 67.3 Å². The molecule has 0 aromatic carbocycles. The number of carbonyl (C=O) groups is 1. The van der Waals surface area contributed by atoms with Crippen LogP contribution in [0.5, 0.6) is 0 Å². The molecule has 0 saturated carbocycles. The molecule has 17 heavy (non-hydrogen) atoms. The SMILES string of the molecule is O=C1CO[C@H]2CN(Cc3cncnc3)C[C@@H]2N1. The van der Waals surface area contributed by atoms with Crippen molar-refractivity contribution < 1.29 is 9.53 Å². The molecular weight excluding hydrogens is 220 g/mol. The van der Waals surface area contributed by atoms with Crippen molar-refractivity contribution in [1.29, 1.82) is 0 Å². The van der Waals surface area contributed by atoms with Gasteiger partial charge in [0.2, 0.25) is 5.91 Å². The van der Waals surface area contributed by atoms with E-state index in [0.29, 0.717) is 0 Å². The van der Waals surface area contributed by atoms with E-state index in [1.807, 2.05) is 12.4 Å². The van der Waals surface area contributed by atoms with Crippen LogP contribution in [0.2, 0.25) is 0 Å². The molecule has 90 valence electrons. The number of carbonyl (C=O) groups excluding carboxylic acids is 1. The summed E-state index contributed by atoms with van der Waals surface area (Å²) in [5, 5.41) is 2.96. The van der Waals surface area contributed by atoms with Gasteiger partial charge in [-0.3, -0.25) is 9.69 Å². The van der Waals surface area contributed by atoms with Gasteiger partial charge in [0, 0.05) is 37.6 Å². The van der Waals surface area contributed by atoms with E-state index in [1.165, 1.54) is 6.33 Å². The van der Waals surface area contributed by atoms with E-state index in [0.717, 1.165) is 25.2 Å². The number of nitrogens with zero attached hydrogens (tertiary/aromatic N) is 3. The van der Waals surface area contributed by atoms with Gasteiger partial charge in [-0.15, -0.1) is 0 Å². The Kier molecular flexibility index (Phi) is 2.74. The molecule has 1 amide bonds. The van der Waals surface area contributed by atoms with Crippen molar-refractivity contribution >= 4 is 5.91 Å². The van der Waals surface area contributed by atoms with Gasteiger partial charge < -0.3 is 10.1 Å². The smallest absolute Gasteiger partial charge is 0.246 e. The average Bonchev–Trinajstić information content (AvgIpc) is 2.71. The average molecular weight is 234 g/mol. The molecule has 0 unspecified atom stereocenters. The van der Waals surface area contributed by atoms with Crippen molar-refractivity contribution in [3.05, 3.63) is 24.3 Å². The zero-order valence-corrected chi connectivity index (χ0v) is 9.37. The normalized spacial score (nSPS) is 28.8. The zero-order valence-electron chi connectivity index (χ0n) is 9.37. The second-order valence-electron chi connectivity index (χ2n) is 4.46. The summed E-state index contributed by atoms with van der Waals surface area (Å²) in [4.78, 5) is 21.4. The maximum atomic E-state index is 11.2. The molecule has 2 aliphatic heterocycles. The quantitative estimate of drug-likeness (QED) is 0.724. The van der Waals surface area contributed by atoms with Crippen molar-refractivity contribution in [3.63, 3.8) is 0 Å². The largest absolute Gasteiger partial charge is 0.365 e. The Bertz CT molecular complexity index is 411. The number of amides is 1. The molecule has 2 fully saturated rings. The first-order chi connectivity index (χ1) is 8.31. The number of nitrogens with one attached hydrogen (secondary N) is 1. The van der Waals surface area contributed by atoms with Gasteiger partial charge in [-0.2, -0.15) is 0 Å². The Morgan fingerprint density at radius 1 is 1.41 bits per heavy atom. The third kappa shape index (κ3) is 2.27. The Labute approximate surface area is 99.0 Å². The summed E-state index contributed by atoms with van der Waals surface area (Å²) in [5.41, 5.74) is 1.08. The minimum Gasteiger partial charge on any atom is -0.365 e. The molecule has 0 radical (unpaired) electrons. The van der Waals surface area contributed by atoms with Gasteiger partial charge in [-0.05, 0) is 0 Å². The fraction of sp³-hybridized carbons (Fsp3) is 0.545. The zero-order chi connectivity index (χ0) is 11.7. The van der Waals surface area contributed by atoms with Crippen LogP contribution < -0.4 is 5.32 Å². The number of likely N-dealkylation sites (tertiary alicyclic amines) is 1. The van der Waals surface area contributed by atoms with Gasteiger partial charge in [0.15, 0.2) is 0 Å². The van der Waals surface area contributed by atoms with Crippen LogP contribution in [0, 0.1) is 0 Å². The number of ether oxygens (including phenoxy) is 1. The first kappa shape index (κ1) is 10.6. The van der Waals surface area contributed by atoms with Crippen LogP contribution in [0.1, 0.15) is 5.56 Å². The van der Waals surface area contributed by atoms with Gasteiger partial charge in [0.1, 0.15) is 12.9 Å². The Hall–Kier alpha value is -1.53. The van der Waals surface area contributed by atoms with Crippen molar-refractivity contribution in [2.45, 2.75) is 18.7 Å². The van der Waals surface area contributed by atoms with Crippen LogP contribution in [-0.4, -0.2) is 52.6 Å². The van der Waals surface area contributed by atoms with Crippen LogP contribution in [0.4, 0.5) is 0 Å². The van der Waals surface area contributed by atoms with E-state index in [2.05, 4.69) is 20.2 Å². The highest BCUT2D eigenvalue weighted by molar-refractivity contribution is 5.78. The molecular formula is C11H14N4O2. The fourth-order valence-corrected chi connectivity index (χ4v) is 2.39. The lowest BCUT2D eigenvalue weighted by molar-refractivity contribution is -0.134. The van der Waals surface area contributed by atoms with E-state index in [-0.39, 0.29) is 24.7 Å². The number of aromatic nitrogens is 2. The van der Waals surface area contributed by atoms with E-state index in [9.17, 15) is 4.79 Å². The van der Waals surface area contributed by atoms with Crippen molar-refractivity contribution in [3.8, 4) is 0 Å². The lowest BCUT2D eigenvalue weighted by Gasteiger charge is -2.25. The molecule has 1 aromatic heterocycles. The molecule has 1 aromatic rings. The number of rotatable bonds is 2. The van der Waals surface area contributed by atoms with Crippen molar-refractivity contribution in [2.24, 2.45) is 0 Å². The summed E-state index contributed by atoms with van der Waals surface area (Å²) >= 11 is 0. The molecule has 6 heteroatoms. The van der Waals surface area contributed by atoms with E-state index in [1.54, 1.807) is 0 Å². The molecule has 1 N–H and O–H groups in total. The number of morpholine rings is 1. The lowest BCUT2D eigenvalue weighted by atomic mass is 10.2. The predicted octanol–water partition coefficient (Wildman–Crippen LogP) is -0.824. The number of hydrogen-bond donors (Lipinski definition) is 1. The van der Waals surface area contributed by atoms with Gasteiger partial charge in [-0.25, -0.2) is 9.97 Å². The van der Waals surface area contributed by atoms with Crippen LogP contribution in [-0.2, 0) is 16.1 Å². The summed E-state index contributed by atoms with van der Waals surface area (Å²) in [6, 6.07) is 0.126. The first-order valence-corrected chi connectivity index (χ1v) is 5.68. The van der Waals surface area contributed by atoms with E-state index in [4.69, 9.17) is 4.74 Å². The summed E-state index contributed by atoms with van der Waals surface area (Å²) < 4.78 is 5.50. The van der Waals surface area contributed by atoms with Crippen LogP contribution in [0.15, 0.2) is 18.7 Å². The Morgan fingerprint density at radius 3 is 3.06 bits per heavy atom. The molecule has 3 rings (SSSR count). The van der Waals surface area contributed by atoms with Crippen molar-refractivity contribution in [1.82, 2.24) is 20.2 Å². The van der Waals surface area contributed by atoms with E-state index < -0.39 is 0 Å². The molecule has 2 atom stereocenters. The monoisotopic (exact) mass is 234 g/mol. The van der Waals surface area contributed by atoms with Crippen LogP contribution in [0.3, 0.4) is 0 Å². The highest BCUT2D eigenvalue weighted by atomic mass is 16.5. The van der Waals surface area contributed by atoms with Crippen molar-refractivity contribution in [2.75, 3.05) is 19.7 Å². The Balaban J connectivity index is 1.62. The van der Waals surface area contributed by atoms with Gasteiger partial charge in [0.25, 0.3) is 0 Å². The van der Waals surface area contributed by atoms with Gasteiger partial charge >= 0.3 is 0 Å². The first-order valence-electron chi connectivity index (χ1n) is 5.68. The predicted molar refractivity (Wildman–Crippen MR) is 59.0 cm³/mol.